The Labute approximate surface area is 84.3 Å². The maximum Gasteiger partial charge on any atom is 0.128 e. The molecule has 1 nitrogen and oxygen atoms in total. The Morgan fingerprint density at radius 2 is 2.21 bits per heavy atom. The van der Waals surface area contributed by atoms with Crippen LogP contribution in [0.3, 0.4) is 0 Å². The minimum Gasteiger partial charge on any atom is -0.310 e. The van der Waals surface area contributed by atoms with Gasteiger partial charge in [-0.05, 0) is 37.9 Å². The Morgan fingerprint density at radius 3 is 2.86 bits per heavy atom. The molecule has 0 aromatic heterocycles. The van der Waals surface area contributed by atoms with Crippen molar-refractivity contribution in [2.24, 2.45) is 0 Å². The van der Waals surface area contributed by atoms with E-state index in [1.807, 2.05) is 19.1 Å². The number of hydrogen-bond donors (Lipinski definition) is 1. The summed E-state index contributed by atoms with van der Waals surface area (Å²) < 4.78 is 13.6. The van der Waals surface area contributed by atoms with Crippen molar-refractivity contribution >= 4 is 0 Å². The lowest BCUT2D eigenvalue weighted by molar-refractivity contribution is 0.400. The maximum absolute atomic E-state index is 13.6. The van der Waals surface area contributed by atoms with Gasteiger partial charge in [0.25, 0.3) is 0 Å². The Bertz CT molecular complexity index is 316. The summed E-state index contributed by atoms with van der Waals surface area (Å²) in [7, 11) is 0. The first-order chi connectivity index (χ1) is 6.77. The minimum absolute atomic E-state index is 0.0654. The zero-order valence-corrected chi connectivity index (χ0v) is 8.52. The van der Waals surface area contributed by atoms with Crippen molar-refractivity contribution in [1.29, 1.82) is 0 Å². The fourth-order valence-corrected chi connectivity index (χ4v) is 2.03. The molecule has 0 amide bonds. The van der Waals surface area contributed by atoms with Crippen LogP contribution in [0.25, 0.3) is 0 Å². The average molecular weight is 193 g/mol. The molecular formula is C12H16FN. The van der Waals surface area contributed by atoms with E-state index in [9.17, 15) is 4.39 Å². The molecule has 0 aliphatic carbocycles. The zero-order valence-electron chi connectivity index (χ0n) is 8.52. The third-order valence-electron chi connectivity index (χ3n) is 2.84. The highest BCUT2D eigenvalue weighted by Gasteiger charge is 2.17. The van der Waals surface area contributed by atoms with Crippen LogP contribution in [0.4, 0.5) is 4.39 Å². The predicted octanol–water partition coefficient (Wildman–Crippen LogP) is 2.95. The highest BCUT2D eigenvalue weighted by Crippen LogP contribution is 2.25. The lowest BCUT2D eigenvalue weighted by Crippen LogP contribution is -2.27. The lowest BCUT2D eigenvalue weighted by Gasteiger charge is -2.24. The third kappa shape index (κ3) is 1.95. The second-order valence-corrected chi connectivity index (χ2v) is 4.03. The standard InChI is InChI=1S/C12H16FN/c1-9-5-6-10(11(13)8-9)12-4-2-3-7-14-12/h5-6,8,12,14H,2-4,7H2,1H3/t12-/m1/s1. The van der Waals surface area contributed by atoms with Gasteiger partial charge in [-0.15, -0.1) is 0 Å². The zero-order chi connectivity index (χ0) is 9.97. The molecule has 0 unspecified atom stereocenters. The van der Waals surface area contributed by atoms with Gasteiger partial charge in [0.15, 0.2) is 0 Å². The first-order valence-corrected chi connectivity index (χ1v) is 5.27. The summed E-state index contributed by atoms with van der Waals surface area (Å²) in [6.07, 6.45) is 3.47. The van der Waals surface area contributed by atoms with E-state index in [4.69, 9.17) is 0 Å². The molecule has 1 aliphatic heterocycles. The van der Waals surface area contributed by atoms with Gasteiger partial charge < -0.3 is 5.32 Å². The second kappa shape index (κ2) is 4.09. The average Bonchev–Trinajstić information content (AvgIpc) is 2.19. The highest BCUT2D eigenvalue weighted by molar-refractivity contribution is 5.26. The van der Waals surface area contributed by atoms with E-state index in [2.05, 4.69) is 5.32 Å². The van der Waals surface area contributed by atoms with E-state index >= 15 is 0 Å². The minimum atomic E-state index is -0.0654. The summed E-state index contributed by atoms with van der Waals surface area (Å²) in [6, 6.07) is 5.73. The first kappa shape index (κ1) is 9.66. The van der Waals surface area contributed by atoms with E-state index in [-0.39, 0.29) is 11.9 Å². The van der Waals surface area contributed by atoms with Gasteiger partial charge in [-0.1, -0.05) is 18.6 Å². The molecule has 1 atom stereocenters. The van der Waals surface area contributed by atoms with Crippen LogP contribution in [0.15, 0.2) is 18.2 Å². The van der Waals surface area contributed by atoms with Crippen molar-refractivity contribution in [3.63, 3.8) is 0 Å². The molecule has 1 fully saturated rings. The summed E-state index contributed by atoms with van der Waals surface area (Å²) in [4.78, 5) is 0. The summed E-state index contributed by atoms with van der Waals surface area (Å²) in [5, 5.41) is 3.36. The molecular weight excluding hydrogens is 177 g/mol. The molecule has 2 heteroatoms. The molecule has 1 aromatic rings. The van der Waals surface area contributed by atoms with Gasteiger partial charge in [0.2, 0.25) is 0 Å². The molecule has 1 saturated heterocycles. The van der Waals surface area contributed by atoms with Crippen LogP contribution in [0.2, 0.25) is 0 Å². The molecule has 0 saturated carbocycles. The van der Waals surface area contributed by atoms with Gasteiger partial charge in [-0.2, -0.15) is 0 Å². The van der Waals surface area contributed by atoms with Crippen molar-refractivity contribution in [2.75, 3.05) is 6.54 Å². The number of halogens is 1. The van der Waals surface area contributed by atoms with E-state index in [1.165, 1.54) is 12.8 Å². The lowest BCUT2D eigenvalue weighted by atomic mass is 9.96. The number of rotatable bonds is 1. The fourth-order valence-electron chi connectivity index (χ4n) is 2.03. The van der Waals surface area contributed by atoms with Gasteiger partial charge in [0.1, 0.15) is 5.82 Å². The monoisotopic (exact) mass is 193 g/mol. The summed E-state index contributed by atoms with van der Waals surface area (Å²) >= 11 is 0. The van der Waals surface area contributed by atoms with Crippen LogP contribution in [0.5, 0.6) is 0 Å². The highest BCUT2D eigenvalue weighted by atomic mass is 19.1. The quantitative estimate of drug-likeness (QED) is 0.723. The molecule has 0 radical (unpaired) electrons. The number of hydrogen-bond acceptors (Lipinski definition) is 1. The number of benzene rings is 1. The fraction of sp³-hybridized carbons (Fsp3) is 0.500. The third-order valence-corrected chi connectivity index (χ3v) is 2.84. The first-order valence-electron chi connectivity index (χ1n) is 5.27. The van der Waals surface area contributed by atoms with Crippen molar-refractivity contribution in [3.8, 4) is 0 Å². The normalized spacial score (nSPS) is 22.3. The molecule has 76 valence electrons. The number of aryl methyl sites for hydroxylation is 1. The van der Waals surface area contributed by atoms with E-state index in [1.54, 1.807) is 6.07 Å². The molecule has 0 bridgehead atoms. The van der Waals surface area contributed by atoms with E-state index in [0.717, 1.165) is 24.1 Å². The summed E-state index contributed by atoms with van der Waals surface area (Å²) in [5.41, 5.74) is 1.82. The van der Waals surface area contributed by atoms with Gasteiger partial charge in [-0.25, -0.2) is 4.39 Å². The Morgan fingerprint density at radius 1 is 1.36 bits per heavy atom. The van der Waals surface area contributed by atoms with Crippen LogP contribution in [-0.4, -0.2) is 6.54 Å². The molecule has 1 N–H and O–H groups in total. The SMILES string of the molecule is Cc1ccc([C@H]2CCCCN2)c(F)c1. The Hall–Kier alpha value is -0.890. The van der Waals surface area contributed by atoms with Crippen molar-refractivity contribution < 1.29 is 4.39 Å². The van der Waals surface area contributed by atoms with Gasteiger partial charge in [-0.3, -0.25) is 0 Å². The van der Waals surface area contributed by atoms with Crippen LogP contribution in [0, 0.1) is 12.7 Å². The van der Waals surface area contributed by atoms with Crippen LogP contribution in [-0.2, 0) is 0 Å². The summed E-state index contributed by atoms with van der Waals surface area (Å²) in [5.74, 6) is -0.0654. The van der Waals surface area contributed by atoms with Gasteiger partial charge >= 0.3 is 0 Å². The van der Waals surface area contributed by atoms with Gasteiger partial charge in [0.05, 0.1) is 0 Å². The van der Waals surface area contributed by atoms with Crippen LogP contribution >= 0.6 is 0 Å². The molecule has 0 spiro atoms. The predicted molar refractivity (Wildman–Crippen MR) is 55.7 cm³/mol. The Kier molecular flexibility index (Phi) is 2.82. The van der Waals surface area contributed by atoms with E-state index < -0.39 is 0 Å². The largest absolute Gasteiger partial charge is 0.310 e. The smallest absolute Gasteiger partial charge is 0.128 e. The molecule has 1 aromatic carbocycles. The van der Waals surface area contributed by atoms with E-state index in [0.29, 0.717) is 0 Å². The molecule has 14 heavy (non-hydrogen) atoms. The van der Waals surface area contributed by atoms with Gasteiger partial charge in [0, 0.05) is 11.6 Å². The molecule has 1 heterocycles. The van der Waals surface area contributed by atoms with Crippen LogP contribution < -0.4 is 5.32 Å². The topological polar surface area (TPSA) is 12.0 Å². The molecule has 2 rings (SSSR count). The van der Waals surface area contributed by atoms with Crippen molar-refractivity contribution in [2.45, 2.75) is 32.2 Å². The second-order valence-electron chi connectivity index (χ2n) is 4.03. The number of piperidine rings is 1. The summed E-state index contributed by atoms with van der Waals surface area (Å²) in [6.45, 7) is 2.93. The van der Waals surface area contributed by atoms with Crippen molar-refractivity contribution in [1.82, 2.24) is 5.32 Å². The maximum atomic E-state index is 13.6. The van der Waals surface area contributed by atoms with Crippen LogP contribution in [0.1, 0.15) is 36.4 Å². The molecule has 1 aliphatic rings. The number of nitrogens with one attached hydrogen (secondary N) is 1. The Balaban J connectivity index is 2.22. The van der Waals surface area contributed by atoms with Crippen molar-refractivity contribution in [3.05, 3.63) is 35.1 Å².